The molecule has 1 amide bonds. The van der Waals surface area contributed by atoms with E-state index in [1.807, 2.05) is 36.1 Å². The highest BCUT2D eigenvalue weighted by molar-refractivity contribution is 14.0. The topological polar surface area (TPSA) is 57.2 Å². The van der Waals surface area contributed by atoms with Gasteiger partial charge in [0.05, 0.1) is 6.54 Å². The van der Waals surface area contributed by atoms with Crippen LogP contribution in [0.5, 0.6) is 5.75 Å². The van der Waals surface area contributed by atoms with Gasteiger partial charge in [0.25, 0.3) is 0 Å². The number of hydrogen-bond acceptors (Lipinski definition) is 3. The third-order valence-electron chi connectivity index (χ3n) is 4.06. The van der Waals surface area contributed by atoms with Gasteiger partial charge in [0, 0.05) is 39.6 Å². The minimum Gasteiger partial charge on any atom is -0.491 e. The minimum atomic E-state index is 0. The first-order valence-corrected chi connectivity index (χ1v) is 8.59. The number of hydrogen-bond donors (Lipinski definition) is 1. The number of carbonyl (C=O) groups is 1. The zero-order valence-corrected chi connectivity index (χ0v) is 17.7. The summed E-state index contributed by atoms with van der Waals surface area (Å²) in [5.41, 5.74) is 1.13. The fraction of sp³-hybridized carbons (Fsp3) is 0.556. The van der Waals surface area contributed by atoms with Gasteiger partial charge in [-0.2, -0.15) is 0 Å². The summed E-state index contributed by atoms with van der Waals surface area (Å²) in [6.07, 6.45) is 0. The van der Waals surface area contributed by atoms with Crippen molar-refractivity contribution in [3.05, 3.63) is 29.8 Å². The van der Waals surface area contributed by atoms with Crippen molar-refractivity contribution >= 4 is 35.8 Å². The number of rotatable bonds is 5. The van der Waals surface area contributed by atoms with Crippen molar-refractivity contribution in [2.45, 2.75) is 20.8 Å². The summed E-state index contributed by atoms with van der Waals surface area (Å²) >= 11 is 0. The molecule has 1 aliphatic heterocycles. The van der Waals surface area contributed by atoms with Crippen LogP contribution in [0.25, 0.3) is 0 Å². The van der Waals surface area contributed by atoms with Crippen molar-refractivity contribution < 1.29 is 9.53 Å². The fourth-order valence-electron chi connectivity index (χ4n) is 2.68. The molecule has 0 atom stereocenters. The zero-order valence-electron chi connectivity index (χ0n) is 15.3. The monoisotopic (exact) mass is 460 g/mol. The van der Waals surface area contributed by atoms with E-state index in [0.717, 1.165) is 50.0 Å². The van der Waals surface area contributed by atoms with E-state index >= 15 is 0 Å². The largest absolute Gasteiger partial charge is 0.491 e. The molecule has 1 aliphatic rings. The van der Waals surface area contributed by atoms with Gasteiger partial charge in [-0.15, -0.1) is 24.0 Å². The summed E-state index contributed by atoms with van der Waals surface area (Å²) < 4.78 is 5.79. The lowest BCUT2D eigenvalue weighted by Gasteiger charge is -2.36. The highest BCUT2D eigenvalue weighted by atomic mass is 127. The van der Waals surface area contributed by atoms with Crippen molar-refractivity contribution in [2.75, 3.05) is 45.9 Å². The number of piperazine rings is 1. The Kier molecular flexibility index (Phi) is 9.62. The third-order valence-corrected chi connectivity index (χ3v) is 4.06. The molecule has 0 spiro atoms. The van der Waals surface area contributed by atoms with Crippen LogP contribution in [0.4, 0.5) is 0 Å². The molecule has 7 heteroatoms. The Balaban J connectivity index is 0.00000312. The SMILES string of the molecule is CCNC(=NCCOc1ccccc1C)N1CCN(C(C)=O)CC1.I. The highest BCUT2D eigenvalue weighted by Crippen LogP contribution is 2.15. The van der Waals surface area contributed by atoms with E-state index in [-0.39, 0.29) is 29.9 Å². The van der Waals surface area contributed by atoms with Gasteiger partial charge in [-0.25, -0.2) is 4.99 Å². The number of para-hydroxylation sites is 1. The number of ether oxygens (including phenoxy) is 1. The van der Waals surface area contributed by atoms with Crippen molar-refractivity contribution in [1.82, 2.24) is 15.1 Å². The van der Waals surface area contributed by atoms with Crippen molar-refractivity contribution in [3.8, 4) is 5.75 Å². The van der Waals surface area contributed by atoms with Gasteiger partial charge in [0.15, 0.2) is 5.96 Å². The standard InChI is InChI=1S/C18H28N4O2.HI/c1-4-19-18(22-12-10-21(11-13-22)16(3)23)20-9-14-24-17-8-6-5-7-15(17)2;/h5-8H,4,9-14H2,1-3H3,(H,19,20);1H. The van der Waals surface area contributed by atoms with E-state index in [2.05, 4.69) is 22.1 Å². The highest BCUT2D eigenvalue weighted by Gasteiger charge is 2.20. The normalized spacial score (nSPS) is 14.8. The lowest BCUT2D eigenvalue weighted by molar-refractivity contribution is -0.130. The molecule has 0 aromatic heterocycles. The minimum absolute atomic E-state index is 0. The molecule has 0 unspecified atom stereocenters. The number of benzene rings is 1. The number of carbonyl (C=O) groups excluding carboxylic acids is 1. The Morgan fingerprint density at radius 3 is 2.44 bits per heavy atom. The van der Waals surface area contributed by atoms with Crippen LogP contribution in [0.2, 0.25) is 0 Å². The second kappa shape index (κ2) is 11.2. The second-order valence-corrected chi connectivity index (χ2v) is 5.84. The van der Waals surface area contributed by atoms with E-state index in [9.17, 15) is 4.79 Å². The summed E-state index contributed by atoms with van der Waals surface area (Å²) in [6, 6.07) is 8.00. The zero-order chi connectivity index (χ0) is 17.4. The van der Waals surface area contributed by atoms with Crippen molar-refractivity contribution in [3.63, 3.8) is 0 Å². The smallest absolute Gasteiger partial charge is 0.219 e. The predicted molar refractivity (Wildman–Crippen MR) is 112 cm³/mol. The summed E-state index contributed by atoms with van der Waals surface area (Å²) in [7, 11) is 0. The predicted octanol–water partition coefficient (Wildman–Crippen LogP) is 2.12. The summed E-state index contributed by atoms with van der Waals surface area (Å²) in [5, 5.41) is 3.32. The lowest BCUT2D eigenvalue weighted by atomic mass is 10.2. The first kappa shape index (κ1) is 21.5. The van der Waals surface area contributed by atoms with Crippen LogP contribution in [0.3, 0.4) is 0 Å². The molecule has 0 bridgehead atoms. The van der Waals surface area contributed by atoms with Gasteiger partial charge in [-0.05, 0) is 25.5 Å². The maximum Gasteiger partial charge on any atom is 0.219 e. The molecule has 1 N–H and O–H groups in total. The summed E-state index contributed by atoms with van der Waals surface area (Å²) in [6.45, 7) is 10.8. The quantitative estimate of drug-likeness (QED) is 0.317. The molecule has 25 heavy (non-hydrogen) atoms. The van der Waals surface area contributed by atoms with E-state index in [1.165, 1.54) is 0 Å². The molecule has 1 aromatic rings. The molecule has 2 rings (SSSR count). The van der Waals surface area contributed by atoms with Crippen LogP contribution in [0.1, 0.15) is 19.4 Å². The van der Waals surface area contributed by atoms with Gasteiger partial charge in [0.2, 0.25) is 5.91 Å². The fourth-order valence-corrected chi connectivity index (χ4v) is 2.68. The molecule has 0 radical (unpaired) electrons. The van der Waals surface area contributed by atoms with Crippen molar-refractivity contribution in [1.29, 1.82) is 0 Å². The molecular formula is C18H29IN4O2. The average Bonchev–Trinajstić information content (AvgIpc) is 2.59. The number of aliphatic imine (C=N–C) groups is 1. The van der Waals surface area contributed by atoms with Gasteiger partial charge in [-0.1, -0.05) is 18.2 Å². The van der Waals surface area contributed by atoms with Gasteiger partial charge in [0.1, 0.15) is 12.4 Å². The van der Waals surface area contributed by atoms with Crippen LogP contribution in [-0.2, 0) is 4.79 Å². The van der Waals surface area contributed by atoms with Crippen LogP contribution in [0, 0.1) is 6.92 Å². The molecular weight excluding hydrogens is 431 g/mol. The number of amides is 1. The Hall–Kier alpha value is -1.51. The second-order valence-electron chi connectivity index (χ2n) is 5.84. The van der Waals surface area contributed by atoms with Crippen LogP contribution >= 0.6 is 24.0 Å². The lowest BCUT2D eigenvalue weighted by Crippen LogP contribution is -2.53. The number of halogens is 1. The van der Waals surface area contributed by atoms with Gasteiger partial charge in [-0.3, -0.25) is 4.79 Å². The van der Waals surface area contributed by atoms with E-state index < -0.39 is 0 Å². The summed E-state index contributed by atoms with van der Waals surface area (Å²) in [4.78, 5) is 20.2. The van der Waals surface area contributed by atoms with Crippen LogP contribution in [-0.4, -0.2) is 67.5 Å². The van der Waals surface area contributed by atoms with E-state index in [4.69, 9.17) is 4.74 Å². The molecule has 0 aliphatic carbocycles. The molecule has 1 aromatic carbocycles. The number of guanidine groups is 1. The maximum absolute atomic E-state index is 11.4. The van der Waals surface area contributed by atoms with Gasteiger partial charge >= 0.3 is 0 Å². The molecule has 1 heterocycles. The Bertz CT molecular complexity index is 572. The molecule has 1 fully saturated rings. The van der Waals surface area contributed by atoms with E-state index in [1.54, 1.807) is 6.92 Å². The molecule has 6 nitrogen and oxygen atoms in total. The Morgan fingerprint density at radius 2 is 1.84 bits per heavy atom. The van der Waals surface area contributed by atoms with E-state index in [0.29, 0.717) is 13.2 Å². The first-order chi connectivity index (χ1) is 11.6. The summed E-state index contributed by atoms with van der Waals surface area (Å²) in [5.74, 6) is 1.95. The Morgan fingerprint density at radius 1 is 1.20 bits per heavy atom. The number of nitrogens with one attached hydrogen (secondary N) is 1. The first-order valence-electron chi connectivity index (χ1n) is 8.59. The Labute approximate surface area is 167 Å². The molecule has 0 saturated carbocycles. The molecule has 1 saturated heterocycles. The van der Waals surface area contributed by atoms with Crippen LogP contribution in [0.15, 0.2) is 29.3 Å². The number of nitrogens with zero attached hydrogens (tertiary/aromatic N) is 3. The van der Waals surface area contributed by atoms with Crippen molar-refractivity contribution in [2.24, 2.45) is 4.99 Å². The number of aryl methyl sites for hydroxylation is 1. The average molecular weight is 460 g/mol. The van der Waals surface area contributed by atoms with Gasteiger partial charge < -0.3 is 19.9 Å². The van der Waals surface area contributed by atoms with Crippen LogP contribution < -0.4 is 10.1 Å². The maximum atomic E-state index is 11.4. The molecule has 140 valence electrons. The third kappa shape index (κ3) is 6.72.